The highest BCUT2D eigenvalue weighted by molar-refractivity contribution is 5.92. The molecule has 1 aromatic carbocycles. The minimum Gasteiger partial charge on any atom is -0.366 e. The van der Waals surface area contributed by atoms with E-state index in [-0.39, 0.29) is 0 Å². The first-order chi connectivity index (χ1) is 14.6. The Morgan fingerprint density at radius 3 is 2.53 bits per heavy atom. The molecule has 1 amide bonds. The lowest BCUT2D eigenvalue weighted by Crippen LogP contribution is -2.09. The third-order valence-electron chi connectivity index (χ3n) is 4.96. The monoisotopic (exact) mass is 398 g/mol. The maximum Gasteiger partial charge on any atom is 0.251 e. The quantitative estimate of drug-likeness (QED) is 0.488. The van der Waals surface area contributed by atoms with Gasteiger partial charge in [0.25, 0.3) is 5.91 Å². The highest BCUT2D eigenvalue weighted by atomic mass is 16.1. The van der Waals surface area contributed by atoms with E-state index in [0.717, 1.165) is 33.6 Å². The zero-order chi connectivity index (χ0) is 20.7. The van der Waals surface area contributed by atoms with Gasteiger partial charge in [0, 0.05) is 25.0 Å². The van der Waals surface area contributed by atoms with Crippen LogP contribution in [0.4, 0.5) is 0 Å². The first-order valence-electron chi connectivity index (χ1n) is 9.31. The lowest BCUT2D eigenvalue weighted by molar-refractivity contribution is 0.1000. The smallest absolute Gasteiger partial charge is 0.251 e. The van der Waals surface area contributed by atoms with E-state index in [1.807, 2.05) is 42.0 Å². The van der Waals surface area contributed by atoms with Crippen LogP contribution in [0.5, 0.6) is 0 Å². The van der Waals surface area contributed by atoms with E-state index in [0.29, 0.717) is 12.1 Å². The zero-order valence-electron chi connectivity index (χ0n) is 16.2. The number of aromatic nitrogens is 7. The first-order valence-corrected chi connectivity index (χ1v) is 9.31. The van der Waals surface area contributed by atoms with E-state index in [2.05, 4.69) is 38.6 Å². The van der Waals surface area contributed by atoms with Crippen LogP contribution in [0.2, 0.25) is 0 Å². The number of carbonyl (C=O) groups is 1. The molecule has 0 fully saturated rings. The Morgan fingerprint density at radius 1 is 1.00 bits per heavy atom. The van der Waals surface area contributed by atoms with Crippen molar-refractivity contribution in [3.63, 3.8) is 0 Å². The number of benzene rings is 1. The molecule has 0 unspecified atom stereocenters. The molecule has 30 heavy (non-hydrogen) atoms. The molecule has 9 nitrogen and oxygen atoms in total. The van der Waals surface area contributed by atoms with Crippen molar-refractivity contribution in [2.24, 2.45) is 12.8 Å². The number of hydrogen-bond donors (Lipinski definition) is 1. The van der Waals surface area contributed by atoms with Gasteiger partial charge >= 0.3 is 0 Å². The molecule has 5 aromatic rings. The van der Waals surface area contributed by atoms with Crippen LogP contribution < -0.4 is 5.73 Å². The van der Waals surface area contributed by atoms with Crippen molar-refractivity contribution in [3.8, 4) is 22.4 Å². The van der Waals surface area contributed by atoms with E-state index in [9.17, 15) is 4.79 Å². The number of nitrogens with zero attached hydrogens (tertiary/aromatic N) is 7. The van der Waals surface area contributed by atoms with Gasteiger partial charge in [-0.1, -0.05) is 24.3 Å². The summed E-state index contributed by atoms with van der Waals surface area (Å²) in [6, 6.07) is 12.3. The second-order valence-electron chi connectivity index (χ2n) is 7.08. The topological polar surface area (TPSA) is 109 Å². The van der Waals surface area contributed by atoms with Crippen LogP contribution in [0.1, 0.15) is 15.9 Å². The summed E-state index contributed by atoms with van der Waals surface area (Å²) >= 11 is 0. The molecule has 2 N–H and O–H groups in total. The molecule has 0 saturated carbocycles. The van der Waals surface area contributed by atoms with Gasteiger partial charge in [-0.05, 0) is 28.8 Å². The highest BCUT2D eigenvalue weighted by Gasteiger charge is 2.11. The van der Waals surface area contributed by atoms with Crippen LogP contribution in [0.25, 0.3) is 28.0 Å². The molecule has 0 atom stereocenters. The summed E-state index contributed by atoms with van der Waals surface area (Å²) in [5.74, 6) is -0.483. The maximum atomic E-state index is 11.2. The number of carbonyl (C=O) groups excluding carboxylic acids is 1. The molecular formula is C21H18N8O. The minimum absolute atomic E-state index is 0.397. The summed E-state index contributed by atoms with van der Waals surface area (Å²) in [6.07, 6.45) is 8.64. The number of hydrogen-bond acceptors (Lipinski definition) is 5. The lowest BCUT2D eigenvalue weighted by atomic mass is 10.0. The molecule has 4 aromatic heterocycles. The van der Waals surface area contributed by atoms with Crippen LogP contribution >= 0.6 is 0 Å². The van der Waals surface area contributed by atoms with Gasteiger partial charge in [0.1, 0.15) is 6.33 Å². The van der Waals surface area contributed by atoms with E-state index in [1.165, 1.54) is 6.20 Å². The van der Waals surface area contributed by atoms with Crippen molar-refractivity contribution in [2.45, 2.75) is 6.54 Å². The molecule has 4 heterocycles. The second-order valence-corrected chi connectivity index (χ2v) is 7.08. The van der Waals surface area contributed by atoms with Crippen molar-refractivity contribution < 1.29 is 4.79 Å². The Bertz CT molecular complexity index is 1360. The molecule has 0 saturated heterocycles. The fourth-order valence-corrected chi connectivity index (χ4v) is 3.43. The molecule has 0 spiro atoms. The largest absolute Gasteiger partial charge is 0.366 e. The van der Waals surface area contributed by atoms with Gasteiger partial charge < -0.3 is 5.73 Å². The number of aryl methyl sites for hydroxylation is 1. The minimum atomic E-state index is -0.483. The standard InChI is InChI=1S/C21H18N8O/c1-27-11-17(8-24-27)16-6-19(29-13-23-26-20(29)7-16)15-4-2-14(3-5-15)10-28-12-18(9-25-28)21(22)30/h2-9,11-13H,10H2,1H3,(H2,22,30). The fourth-order valence-electron chi connectivity index (χ4n) is 3.43. The van der Waals surface area contributed by atoms with E-state index in [1.54, 1.807) is 21.9 Å². The molecule has 148 valence electrons. The second kappa shape index (κ2) is 6.96. The average molecular weight is 398 g/mol. The SMILES string of the molecule is Cn1cc(-c2cc(-c3ccc(Cn4cc(C(N)=O)cn4)cc3)n3cnnc3c2)cn1. The number of pyridine rings is 1. The van der Waals surface area contributed by atoms with Gasteiger partial charge in [-0.2, -0.15) is 10.2 Å². The van der Waals surface area contributed by atoms with Gasteiger partial charge in [-0.15, -0.1) is 10.2 Å². The molecular weight excluding hydrogens is 380 g/mol. The van der Waals surface area contributed by atoms with Gasteiger partial charge in [-0.25, -0.2) is 0 Å². The third kappa shape index (κ3) is 3.22. The zero-order valence-corrected chi connectivity index (χ0v) is 16.2. The number of nitrogens with two attached hydrogens (primary N) is 1. The van der Waals surface area contributed by atoms with Crippen molar-refractivity contribution in [1.82, 2.24) is 34.2 Å². The molecule has 0 radical (unpaired) electrons. The Balaban J connectivity index is 1.49. The number of rotatable bonds is 5. The summed E-state index contributed by atoms with van der Waals surface area (Å²) in [7, 11) is 1.89. The van der Waals surface area contributed by atoms with Crippen LogP contribution in [0.15, 0.2) is 67.5 Å². The van der Waals surface area contributed by atoms with Gasteiger partial charge in [0.2, 0.25) is 0 Å². The van der Waals surface area contributed by atoms with Crippen LogP contribution in [0.3, 0.4) is 0 Å². The fraction of sp³-hybridized carbons (Fsp3) is 0.0952. The summed E-state index contributed by atoms with van der Waals surface area (Å²) in [5.41, 5.74) is 11.6. The molecule has 0 aliphatic heterocycles. The predicted molar refractivity (Wildman–Crippen MR) is 110 cm³/mol. The van der Waals surface area contributed by atoms with Crippen molar-refractivity contribution >= 4 is 11.6 Å². The molecule has 0 aliphatic carbocycles. The van der Waals surface area contributed by atoms with Gasteiger partial charge in [-0.3, -0.25) is 18.6 Å². The highest BCUT2D eigenvalue weighted by Crippen LogP contribution is 2.28. The summed E-state index contributed by atoms with van der Waals surface area (Å²) in [4.78, 5) is 11.2. The Kier molecular flexibility index (Phi) is 4.13. The molecule has 0 bridgehead atoms. The summed E-state index contributed by atoms with van der Waals surface area (Å²) < 4.78 is 5.42. The number of primary amides is 1. The van der Waals surface area contributed by atoms with E-state index < -0.39 is 5.91 Å². The van der Waals surface area contributed by atoms with Crippen LogP contribution in [0, 0.1) is 0 Å². The lowest BCUT2D eigenvalue weighted by Gasteiger charge is -2.09. The summed E-state index contributed by atoms with van der Waals surface area (Å²) in [6.45, 7) is 0.547. The Morgan fingerprint density at radius 2 is 1.83 bits per heavy atom. The van der Waals surface area contributed by atoms with E-state index in [4.69, 9.17) is 5.73 Å². The van der Waals surface area contributed by atoms with Crippen molar-refractivity contribution in [3.05, 3.63) is 78.6 Å². The normalized spacial score (nSPS) is 11.2. The van der Waals surface area contributed by atoms with Gasteiger partial charge in [0.05, 0.1) is 30.2 Å². The number of amides is 1. The van der Waals surface area contributed by atoms with Crippen LogP contribution in [-0.4, -0.2) is 40.1 Å². The Hall–Kier alpha value is -4.27. The maximum absolute atomic E-state index is 11.2. The molecule has 5 rings (SSSR count). The van der Waals surface area contributed by atoms with Crippen molar-refractivity contribution in [1.29, 1.82) is 0 Å². The third-order valence-corrected chi connectivity index (χ3v) is 4.96. The molecule has 9 heteroatoms. The molecule has 0 aliphatic rings. The average Bonchev–Trinajstić information content (AvgIpc) is 3.48. The predicted octanol–water partition coefficient (Wildman–Crippen LogP) is 2.14. The van der Waals surface area contributed by atoms with Crippen LogP contribution in [-0.2, 0) is 13.6 Å². The van der Waals surface area contributed by atoms with E-state index >= 15 is 0 Å². The first kappa shape index (κ1) is 17.8. The summed E-state index contributed by atoms with van der Waals surface area (Å²) in [5, 5.41) is 16.7. The number of fused-ring (bicyclic) bond motifs is 1. The van der Waals surface area contributed by atoms with Gasteiger partial charge in [0.15, 0.2) is 5.65 Å². The Labute approximate surface area is 171 Å². The van der Waals surface area contributed by atoms with Crippen molar-refractivity contribution in [2.75, 3.05) is 0 Å².